The van der Waals surface area contributed by atoms with Gasteiger partial charge in [0.15, 0.2) is 0 Å². The van der Waals surface area contributed by atoms with Crippen molar-refractivity contribution in [2.75, 3.05) is 0 Å². The molecule has 2 saturated heterocycles. The predicted molar refractivity (Wildman–Crippen MR) is 58.0 cm³/mol. The molecular weight excluding hydrogens is 180 g/mol. The topological polar surface area (TPSA) is 20.2 Å². The summed E-state index contributed by atoms with van der Waals surface area (Å²) in [5, 5.41) is 11.8. The second kappa shape index (κ2) is 3.32. The summed E-state index contributed by atoms with van der Waals surface area (Å²) < 4.78 is 0. The molecule has 2 heterocycles. The number of aliphatic hydroxyl groups is 1. The lowest BCUT2D eigenvalue weighted by Gasteiger charge is -2.34. The Balaban J connectivity index is 2.12. The first-order valence-electron chi connectivity index (χ1n) is 5.11. The van der Waals surface area contributed by atoms with Gasteiger partial charge in [-0.05, 0) is 39.5 Å². The maximum atomic E-state index is 10.3. The van der Waals surface area contributed by atoms with E-state index in [1.807, 2.05) is 0 Å². The summed E-state index contributed by atoms with van der Waals surface area (Å²) in [7, 11) is 0. The van der Waals surface area contributed by atoms with Gasteiger partial charge in [0.1, 0.15) is 0 Å². The van der Waals surface area contributed by atoms with Crippen LogP contribution in [-0.2, 0) is 0 Å². The number of thioether (sulfide) groups is 1. The fraction of sp³-hybridized carbons (Fsp3) is 0.818. The monoisotopic (exact) mass is 198 g/mol. The number of hydrogen-bond donors (Lipinski definition) is 1. The van der Waals surface area contributed by atoms with E-state index in [4.69, 9.17) is 0 Å². The molecule has 2 aliphatic rings. The molecule has 1 N–H and O–H groups in total. The Labute approximate surface area is 84.6 Å². The number of allylic oxidation sites excluding steroid dienone is 1. The summed E-state index contributed by atoms with van der Waals surface area (Å²) in [5.41, 5.74) is 0.768. The van der Waals surface area contributed by atoms with Crippen LogP contribution in [0.5, 0.6) is 0 Å². The van der Waals surface area contributed by atoms with Crippen molar-refractivity contribution in [2.45, 2.75) is 55.6 Å². The van der Waals surface area contributed by atoms with Crippen molar-refractivity contribution in [1.82, 2.24) is 0 Å². The third kappa shape index (κ3) is 2.10. The standard InChI is InChI=1S/C11H18OS/c1-8(2)5-11(12)6-9-3-4-10(7-11)13-9/h5,9-10,12H,3-4,6-7H2,1-2H3. The molecule has 1 nitrogen and oxygen atoms in total. The van der Waals surface area contributed by atoms with Crippen LogP contribution in [0.4, 0.5) is 0 Å². The highest BCUT2D eigenvalue weighted by Crippen LogP contribution is 2.48. The molecule has 2 unspecified atom stereocenters. The maximum absolute atomic E-state index is 10.3. The van der Waals surface area contributed by atoms with Crippen molar-refractivity contribution < 1.29 is 5.11 Å². The third-order valence-electron chi connectivity index (χ3n) is 2.92. The summed E-state index contributed by atoms with van der Waals surface area (Å²) in [6.07, 6.45) is 6.64. The quantitative estimate of drug-likeness (QED) is 0.654. The van der Waals surface area contributed by atoms with Gasteiger partial charge in [-0.1, -0.05) is 11.6 Å². The van der Waals surface area contributed by atoms with Crippen molar-refractivity contribution in [3.05, 3.63) is 11.6 Å². The zero-order valence-electron chi connectivity index (χ0n) is 8.42. The van der Waals surface area contributed by atoms with Crippen LogP contribution in [0.3, 0.4) is 0 Å². The predicted octanol–water partition coefficient (Wildman–Crippen LogP) is 2.74. The minimum atomic E-state index is -0.476. The van der Waals surface area contributed by atoms with Crippen LogP contribution >= 0.6 is 11.8 Å². The smallest absolute Gasteiger partial charge is 0.0851 e. The van der Waals surface area contributed by atoms with Crippen LogP contribution in [0.15, 0.2) is 11.6 Å². The molecule has 2 heteroatoms. The molecule has 0 radical (unpaired) electrons. The van der Waals surface area contributed by atoms with Crippen molar-refractivity contribution in [2.24, 2.45) is 0 Å². The molecule has 0 amide bonds. The highest BCUT2D eigenvalue weighted by molar-refractivity contribution is 8.00. The minimum Gasteiger partial charge on any atom is -0.386 e. The molecule has 0 aromatic heterocycles. The third-order valence-corrected chi connectivity index (χ3v) is 4.49. The normalized spacial score (nSPS) is 43.3. The first-order valence-corrected chi connectivity index (χ1v) is 6.06. The number of fused-ring (bicyclic) bond motifs is 2. The highest BCUT2D eigenvalue weighted by atomic mass is 32.2. The number of hydrogen-bond acceptors (Lipinski definition) is 2. The molecule has 2 aliphatic heterocycles. The summed E-state index contributed by atoms with van der Waals surface area (Å²) in [6.45, 7) is 4.14. The molecule has 0 aliphatic carbocycles. The van der Waals surface area contributed by atoms with E-state index in [2.05, 4.69) is 31.7 Å². The minimum absolute atomic E-state index is 0.476. The largest absolute Gasteiger partial charge is 0.386 e. The van der Waals surface area contributed by atoms with Crippen molar-refractivity contribution in [3.8, 4) is 0 Å². The Morgan fingerprint density at radius 1 is 1.31 bits per heavy atom. The van der Waals surface area contributed by atoms with E-state index < -0.39 is 5.60 Å². The molecule has 2 rings (SSSR count). The van der Waals surface area contributed by atoms with E-state index in [-0.39, 0.29) is 0 Å². The van der Waals surface area contributed by atoms with Crippen LogP contribution in [0.2, 0.25) is 0 Å². The van der Waals surface area contributed by atoms with Gasteiger partial charge in [-0.25, -0.2) is 0 Å². The van der Waals surface area contributed by atoms with E-state index >= 15 is 0 Å². The van der Waals surface area contributed by atoms with Gasteiger partial charge < -0.3 is 5.11 Å². The molecule has 0 spiro atoms. The van der Waals surface area contributed by atoms with Crippen molar-refractivity contribution in [1.29, 1.82) is 0 Å². The Hall–Kier alpha value is 0.0500. The van der Waals surface area contributed by atoms with Crippen molar-refractivity contribution >= 4 is 11.8 Å². The van der Waals surface area contributed by atoms with Gasteiger partial charge in [0.2, 0.25) is 0 Å². The lowest BCUT2D eigenvalue weighted by atomic mass is 9.92. The Bertz CT molecular complexity index is 218. The summed E-state index contributed by atoms with van der Waals surface area (Å²) in [6, 6.07) is 0. The molecule has 2 bridgehead atoms. The van der Waals surface area contributed by atoms with E-state index in [1.54, 1.807) is 0 Å². The SMILES string of the molecule is CC(C)=CC1(O)CC2CCC(C1)S2. The zero-order valence-corrected chi connectivity index (χ0v) is 9.23. The second-order valence-corrected chi connectivity index (χ2v) is 6.30. The van der Waals surface area contributed by atoms with Crippen LogP contribution in [0.1, 0.15) is 39.5 Å². The number of rotatable bonds is 1. The Kier molecular flexibility index (Phi) is 2.45. The van der Waals surface area contributed by atoms with Crippen LogP contribution in [-0.4, -0.2) is 21.2 Å². The van der Waals surface area contributed by atoms with Gasteiger partial charge in [0, 0.05) is 10.5 Å². The molecular formula is C11H18OS. The molecule has 0 aromatic carbocycles. The van der Waals surface area contributed by atoms with Gasteiger partial charge in [-0.2, -0.15) is 11.8 Å². The van der Waals surface area contributed by atoms with Crippen LogP contribution in [0.25, 0.3) is 0 Å². The van der Waals surface area contributed by atoms with Crippen LogP contribution < -0.4 is 0 Å². The summed E-state index contributed by atoms with van der Waals surface area (Å²) >= 11 is 2.09. The maximum Gasteiger partial charge on any atom is 0.0851 e. The van der Waals surface area contributed by atoms with Gasteiger partial charge in [-0.15, -0.1) is 0 Å². The first-order chi connectivity index (χ1) is 6.07. The van der Waals surface area contributed by atoms with E-state index in [9.17, 15) is 5.11 Å². The molecule has 0 aromatic rings. The first kappa shape index (κ1) is 9.60. The zero-order chi connectivity index (χ0) is 9.47. The van der Waals surface area contributed by atoms with Gasteiger partial charge in [-0.3, -0.25) is 0 Å². The van der Waals surface area contributed by atoms with E-state index in [1.165, 1.54) is 18.4 Å². The molecule has 13 heavy (non-hydrogen) atoms. The fourth-order valence-corrected chi connectivity index (χ4v) is 4.47. The lowest BCUT2D eigenvalue weighted by Crippen LogP contribution is -2.35. The fourth-order valence-electron chi connectivity index (χ4n) is 2.61. The van der Waals surface area contributed by atoms with Crippen molar-refractivity contribution in [3.63, 3.8) is 0 Å². The Morgan fingerprint density at radius 3 is 2.31 bits per heavy atom. The molecule has 2 atom stereocenters. The summed E-state index contributed by atoms with van der Waals surface area (Å²) in [4.78, 5) is 0. The second-order valence-electron chi connectivity index (χ2n) is 4.69. The average molecular weight is 198 g/mol. The molecule has 74 valence electrons. The van der Waals surface area contributed by atoms with Gasteiger partial charge >= 0.3 is 0 Å². The molecule has 2 fully saturated rings. The lowest BCUT2D eigenvalue weighted by molar-refractivity contribution is 0.0727. The average Bonchev–Trinajstić information content (AvgIpc) is 2.27. The van der Waals surface area contributed by atoms with E-state index in [0.29, 0.717) is 0 Å². The Morgan fingerprint density at radius 2 is 1.85 bits per heavy atom. The summed E-state index contributed by atoms with van der Waals surface area (Å²) in [5.74, 6) is 0. The van der Waals surface area contributed by atoms with E-state index in [0.717, 1.165) is 23.3 Å². The highest BCUT2D eigenvalue weighted by Gasteiger charge is 2.41. The van der Waals surface area contributed by atoms with Gasteiger partial charge in [0.05, 0.1) is 5.60 Å². The van der Waals surface area contributed by atoms with Crippen LogP contribution in [0, 0.1) is 0 Å². The molecule has 0 saturated carbocycles. The van der Waals surface area contributed by atoms with Gasteiger partial charge in [0.25, 0.3) is 0 Å².